The smallest absolute Gasteiger partial charge is 0.312 e. The van der Waals surface area contributed by atoms with Gasteiger partial charge < -0.3 is 10.1 Å². The lowest BCUT2D eigenvalue weighted by Gasteiger charge is -2.09. The molecular weight excluding hydrogens is 366 g/mol. The van der Waals surface area contributed by atoms with E-state index in [0.717, 1.165) is 11.1 Å². The minimum absolute atomic E-state index is 0.119. The summed E-state index contributed by atoms with van der Waals surface area (Å²) in [4.78, 5) is 26.1. The molecule has 0 bridgehead atoms. The van der Waals surface area contributed by atoms with Crippen LogP contribution >= 0.6 is 15.9 Å². The van der Waals surface area contributed by atoms with Crippen molar-refractivity contribution in [2.45, 2.75) is 13.8 Å². The number of nitrogens with zero attached hydrogens (tertiary/aromatic N) is 2. The van der Waals surface area contributed by atoms with Crippen molar-refractivity contribution in [2.24, 2.45) is 0 Å². The highest BCUT2D eigenvalue weighted by molar-refractivity contribution is 9.10. The van der Waals surface area contributed by atoms with Crippen molar-refractivity contribution in [3.05, 3.63) is 56.2 Å². The maximum Gasteiger partial charge on any atom is 0.312 e. The molecule has 0 spiro atoms. The van der Waals surface area contributed by atoms with Crippen molar-refractivity contribution in [3.8, 4) is 5.75 Å². The Morgan fingerprint density at radius 3 is 2.74 bits per heavy atom. The van der Waals surface area contributed by atoms with Gasteiger partial charge in [-0.1, -0.05) is 6.07 Å². The van der Waals surface area contributed by atoms with Crippen molar-refractivity contribution >= 4 is 33.3 Å². The maximum absolute atomic E-state index is 11.9. The quantitative estimate of drug-likeness (QED) is 0.634. The number of halogens is 1. The van der Waals surface area contributed by atoms with Gasteiger partial charge in [-0.05, 0) is 53.0 Å². The largest absolute Gasteiger partial charge is 0.484 e. The molecular formula is C15H14BrN3O4. The van der Waals surface area contributed by atoms with Crippen LogP contribution in [0.5, 0.6) is 5.75 Å². The van der Waals surface area contributed by atoms with Crippen LogP contribution in [0.15, 0.2) is 34.9 Å². The number of carbonyl (C=O) groups excluding carboxylic acids is 1. The number of hydrogen-bond donors (Lipinski definition) is 1. The van der Waals surface area contributed by atoms with Gasteiger partial charge in [-0.15, -0.1) is 0 Å². The molecule has 1 heterocycles. The Morgan fingerprint density at radius 1 is 1.35 bits per heavy atom. The molecule has 0 unspecified atom stereocenters. The number of rotatable bonds is 5. The highest BCUT2D eigenvalue weighted by Crippen LogP contribution is 2.25. The first-order valence-electron chi connectivity index (χ1n) is 6.66. The highest BCUT2D eigenvalue weighted by atomic mass is 79.9. The summed E-state index contributed by atoms with van der Waals surface area (Å²) >= 11 is 3.10. The third-order valence-electron chi connectivity index (χ3n) is 3.14. The molecule has 120 valence electrons. The number of aryl methyl sites for hydroxylation is 2. The number of carbonyl (C=O) groups is 1. The Labute approximate surface area is 141 Å². The lowest BCUT2D eigenvalue weighted by atomic mass is 10.1. The number of ether oxygens (including phenoxy) is 1. The Morgan fingerprint density at radius 2 is 2.09 bits per heavy atom. The second-order valence-corrected chi connectivity index (χ2v) is 5.78. The molecule has 1 aromatic heterocycles. The maximum atomic E-state index is 11.9. The first-order valence-corrected chi connectivity index (χ1v) is 7.46. The van der Waals surface area contributed by atoms with E-state index in [4.69, 9.17) is 4.74 Å². The number of amides is 1. The lowest BCUT2D eigenvalue weighted by Crippen LogP contribution is -2.21. The van der Waals surface area contributed by atoms with Crippen LogP contribution in [0.25, 0.3) is 0 Å². The molecule has 1 amide bonds. The Bertz CT molecular complexity index is 764. The van der Waals surface area contributed by atoms with E-state index in [1.165, 1.54) is 12.3 Å². The third-order valence-corrected chi connectivity index (χ3v) is 3.57. The first kappa shape index (κ1) is 16.9. The van der Waals surface area contributed by atoms with Crippen LogP contribution in [0.1, 0.15) is 11.1 Å². The van der Waals surface area contributed by atoms with E-state index in [1.807, 2.05) is 26.0 Å². The highest BCUT2D eigenvalue weighted by Gasteiger charge is 2.18. The predicted octanol–water partition coefficient (Wildman–Crippen LogP) is 3.39. The van der Waals surface area contributed by atoms with Gasteiger partial charge in [0.15, 0.2) is 6.61 Å². The Kier molecular flexibility index (Phi) is 5.28. The second-order valence-electron chi connectivity index (χ2n) is 4.86. The molecule has 0 aliphatic rings. The number of nitrogens with one attached hydrogen (secondary N) is 1. The minimum Gasteiger partial charge on any atom is -0.484 e. The van der Waals surface area contributed by atoms with E-state index < -0.39 is 10.8 Å². The van der Waals surface area contributed by atoms with Crippen LogP contribution in [-0.4, -0.2) is 22.4 Å². The minimum atomic E-state index is -0.614. The average Bonchev–Trinajstić information content (AvgIpc) is 2.50. The van der Waals surface area contributed by atoms with Crippen LogP contribution in [-0.2, 0) is 4.79 Å². The zero-order valence-electron chi connectivity index (χ0n) is 12.5. The molecule has 0 saturated carbocycles. The van der Waals surface area contributed by atoms with Crippen LogP contribution in [0.4, 0.5) is 11.5 Å². The van der Waals surface area contributed by atoms with Crippen molar-refractivity contribution < 1.29 is 14.5 Å². The molecule has 0 saturated heterocycles. The summed E-state index contributed by atoms with van der Waals surface area (Å²) in [5.74, 6) is -0.0884. The van der Waals surface area contributed by atoms with Gasteiger partial charge in [-0.3, -0.25) is 14.9 Å². The summed E-state index contributed by atoms with van der Waals surface area (Å²) in [6.45, 7) is 3.65. The zero-order chi connectivity index (χ0) is 17.0. The molecule has 8 heteroatoms. The molecule has 23 heavy (non-hydrogen) atoms. The molecule has 0 atom stereocenters. The van der Waals surface area contributed by atoms with Gasteiger partial charge in [0.1, 0.15) is 5.75 Å². The van der Waals surface area contributed by atoms with Gasteiger partial charge in [0.05, 0.1) is 4.92 Å². The number of hydrogen-bond acceptors (Lipinski definition) is 5. The summed E-state index contributed by atoms with van der Waals surface area (Å²) in [5, 5.41) is 13.3. The Balaban J connectivity index is 2.02. The lowest BCUT2D eigenvalue weighted by molar-refractivity contribution is -0.384. The van der Waals surface area contributed by atoms with E-state index in [9.17, 15) is 14.9 Å². The van der Waals surface area contributed by atoms with Crippen molar-refractivity contribution in [1.82, 2.24) is 4.98 Å². The molecule has 0 aliphatic heterocycles. The average molecular weight is 380 g/mol. The number of anilines is 1. The molecule has 1 N–H and O–H groups in total. The standard InChI is InChI=1S/C15H14BrN3O4/c1-9-3-4-12(5-10(9)2)23-8-14(20)18-15-13(19(21)22)6-11(16)7-17-15/h3-7H,8H2,1-2H3,(H,17,18,20). The van der Waals surface area contributed by atoms with Crippen molar-refractivity contribution in [2.75, 3.05) is 11.9 Å². The molecule has 1 aromatic carbocycles. The fraction of sp³-hybridized carbons (Fsp3) is 0.200. The van der Waals surface area contributed by atoms with Gasteiger partial charge >= 0.3 is 5.69 Å². The van der Waals surface area contributed by atoms with Gasteiger partial charge in [0.2, 0.25) is 5.82 Å². The van der Waals surface area contributed by atoms with E-state index in [2.05, 4.69) is 26.2 Å². The number of aromatic nitrogens is 1. The fourth-order valence-corrected chi connectivity index (χ4v) is 2.10. The van der Waals surface area contributed by atoms with Crippen LogP contribution in [0.3, 0.4) is 0 Å². The monoisotopic (exact) mass is 379 g/mol. The first-order chi connectivity index (χ1) is 10.9. The SMILES string of the molecule is Cc1ccc(OCC(=O)Nc2ncc(Br)cc2[N+](=O)[O-])cc1C. The summed E-state index contributed by atoms with van der Waals surface area (Å²) in [7, 11) is 0. The number of nitro groups is 1. The van der Waals surface area contributed by atoms with E-state index >= 15 is 0 Å². The molecule has 2 rings (SSSR count). The second kappa shape index (κ2) is 7.19. The number of pyridine rings is 1. The van der Waals surface area contributed by atoms with Crippen molar-refractivity contribution in [1.29, 1.82) is 0 Å². The summed E-state index contributed by atoms with van der Waals surface area (Å²) in [5.41, 5.74) is 1.88. The van der Waals surface area contributed by atoms with E-state index in [-0.39, 0.29) is 18.1 Å². The van der Waals surface area contributed by atoms with Crippen LogP contribution in [0.2, 0.25) is 0 Å². The third kappa shape index (κ3) is 4.49. The van der Waals surface area contributed by atoms with Gasteiger partial charge in [-0.25, -0.2) is 4.98 Å². The van der Waals surface area contributed by atoms with Gasteiger partial charge in [0, 0.05) is 16.7 Å². The molecule has 2 aromatic rings. The Hall–Kier alpha value is -2.48. The summed E-state index contributed by atoms with van der Waals surface area (Å²) < 4.78 is 5.83. The number of benzene rings is 1. The molecule has 0 radical (unpaired) electrons. The molecule has 0 fully saturated rings. The normalized spacial score (nSPS) is 10.2. The van der Waals surface area contributed by atoms with E-state index in [0.29, 0.717) is 10.2 Å². The van der Waals surface area contributed by atoms with E-state index in [1.54, 1.807) is 6.07 Å². The van der Waals surface area contributed by atoms with Crippen LogP contribution in [0, 0.1) is 24.0 Å². The van der Waals surface area contributed by atoms with Gasteiger partial charge in [-0.2, -0.15) is 0 Å². The van der Waals surface area contributed by atoms with Crippen LogP contribution < -0.4 is 10.1 Å². The topological polar surface area (TPSA) is 94.4 Å². The van der Waals surface area contributed by atoms with Gasteiger partial charge in [0.25, 0.3) is 5.91 Å². The fourth-order valence-electron chi connectivity index (χ4n) is 1.78. The predicted molar refractivity (Wildman–Crippen MR) is 88.6 cm³/mol. The molecule has 7 nitrogen and oxygen atoms in total. The molecule has 0 aliphatic carbocycles. The summed E-state index contributed by atoms with van der Waals surface area (Å²) in [6, 6.07) is 6.75. The van der Waals surface area contributed by atoms with Crippen molar-refractivity contribution in [3.63, 3.8) is 0 Å². The summed E-state index contributed by atoms with van der Waals surface area (Å²) in [6.07, 6.45) is 1.37. The zero-order valence-corrected chi connectivity index (χ0v) is 14.1.